The highest BCUT2D eigenvalue weighted by atomic mass is 16.6. The van der Waals surface area contributed by atoms with E-state index in [2.05, 4.69) is 63.2 Å². The Bertz CT molecular complexity index is 2180. The minimum absolute atomic E-state index is 0.0165. The number of ether oxygens (including phenoxy) is 4. The van der Waals surface area contributed by atoms with Gasteiger partial charge in [-0.3, -0.25) is 69.2 Å². The quantitative estimate of drug-likeness (QED) is 0.00768. The molecule has 6 amide bonds. The van der Waals surface area contributed by atoms with E-state index in [0.717, 1.165) is 18.6 Å². The summed E-state index contributed by atoms with van der Waals surface area (Å²) in [7, 11) is 0. The Hall–Kier alpha value is -6.82. The Kier molecular flexibility index (Phi) is 34.6. The van der Waals surface area contributed by atoms with E-state index < -0.39 is 95.8 Å². The van der Waals surface area contributed by atoms with Gasteiger partial charge in [-0.2, -0.15) is 15.3 Å². The lowest BCUT2D eigenvalue weighted by molar-refractivity contribution is -0.150. The van der Waals surface area contributed by atoms with Gasteiger partial charge >= 0.3 is 23.9 Å². The summed E-state index contributed by atoms with van der Waals surface area (Å²) in [6.45, 7) is 18.2. The number of hydrogen-bond donors (Lipinski definition) is 11. The lowest BCUT2D eigenvalue weighted by atomic mass is 9.93. The molecule has 448 valence electrons. The fraction of sp³-hybridized carbons (Fsp3) is 0.720. The van der Waals surface area contributed by atoms with Crippen LogP contribution in [0.15, 0.2) is 20.3 Å². The molecule has 79 heavy (non-hydrogen) atoms. The summed E-state index contributed by atoms with van der Waals surface area (Å²) in [5.41, 5.74) is 11.2. The molecule has 0 heterocycles. The van der Waals surface area contributed by atoms with Gasteiger partial charge in [0.05, 0.1) is 83.3 Å². The molecule has 2 unspecified atom stereocenters. The molecule has 0 aliphatic heterocycles. The minimum atomic E-state index is -2.63. The van der Waals surface area contributed by atoms with Crippen LogP contribution >= 0.6 is 0 Å². The topological polar surface area (TPSA) is 434 Å². The fourth-order valence-electron chi connectivity index (χ4n) is 6.44. The highest BCUT2D eigenvalue weighted by Crippen LogP contribution is 2.21. The van der Waals surface area contributed by atoms with E-state index in [1.54, 1.807) is 10.9 Å². The summed E-state index contributed by atoms with van der Waals surface area (Å²) in [6.07, 6.45) is 0.505. The van der Waals surface area contributed by atoms with Crippen molar-refractivity contribution in [3.8, 4) is 0 Å². The first-order valence-electron chi connectivity index (χ1n) is 26.2. The van der Waals surface area contributed by atoms with Crippen LogP contribution in [0, 0.1) is 0 Å². The van der Waals surface area contributed by atoms with Crippen molar-refractivity contribution in [3.05, 3.63) is 0 Å². The van der Waals surface area contributed by atoms with E-state index in [1.807, 2.05) is 27.7 Å². The third-order valence-electron chi connectivity index (χ3n) is 12.5. The molecule has 0 aromatic rings. The number of amides is 6. The zero-order chi connectivity index (χ0) is 60.2. The maximum atomic E-state index is 12.7. The van der Waals surface area contributed by atoms with Crippen LogP contribution in [0.5, 0.6) is 0 Å². The number of rotatable bonds is 40. The number of carbonyl (C=O) groups is 10. The Morgan fingerprint density at radius 3 is 1.01 bits per heavy atom. The number of nitrogens with two attached hydrogens (primary N) is 2. The number of nitrogens with zero attached hydrogens (tertiary/aromatic N) is 4. The number of esters is 4. The van der Waals surface area contributed by atoms with E-state index in [4.69, 9.17) is 35.6 Å². The van der Waals surface area contributed by atoms with Crippen molar-refractivity contribution in [2.24, 2.45) is 32.0 Å². The van der Waals surface area contributed by atoms with Crippen LogP contribution in [0.1, 0.15) is 185 Å². The lowest BCUT2D eigenvalue weighted by Gasteiger charge is -2.30. The van der Waals surface area contributed by atoms with Crippen LogP contribution in [0.2, 0.25) is 0 Å². The molecule has 0 saturated heterocycles. The highest BCUT2D eigenvalue weighted by Gasteiger charge is 2.42. The predicted molar refractivity (Wildman–Crippen MR) is 289 cm³/mol. The van der Waals surface area contributed by atoms with Crippen molar-refractivity contribution in [3.63, 3.8) is 0 Å². The highest BCUT2D eigenvalue weighted by molar-refractivity contribution is 5.97. The summed E-state index contributed by atoms with van der Waals surface area (Å²) in [6, 6.07) is 0. The summed E-state index contributed by atoms with van der Waals surface area (Å²) in [5.74, 6) is 2.15. The standard InChI is InChI=1S/C50H87N13O16/c1-11-47(9,12-2)53-33(5)17-21-41(68)76-25-15-26-77-42(69)22-18-34(6)56-59-37(64)29-49(74,45(72)54-51)30-38(65)60-57-35(7)19-23-43(70)78-27-16-28-79-44(71)24-20-36(8)58-61-39(66)31-50(75,46(73)55-52)32-40(67)62-63-48(10,13-3)14-4/h63,74-75H,11-32,51-52H2,1-10H3,(H,54,72)(H,55,73)(H,59,64)(H,60,65)(H,61,66)(H,62,67). The molecule has 0 radical (unpaired) electrons. The average Bonchev–Trinajstić information content (AvgIpc) is 3.41. The van der Waals surface area contributed by atoms with Crippen molar-refractivity contribution in [2.45, 2.75) is 207 Å². The van der Waals surface area contributed by atoms with Crippen molar-refractivity contribution in [2.75, 3.05) is 26.4 Å². The van der Waals surface area contributed by atoms with Crippen LogP contribution in [0.3, 0.4) is 0 Å². The fourth-order valence-corrected chi connectivity index (χ4v) is 6.44. The first-order valence-corrected chi connectivity index (χ1v) is 26.2. The summed E-state index contributed by atoms with van der Waals surface area (Å²) in [4.78, 5) is 129. The van der Waals surface area contributed by atoms with Crippen molar-refractivity contribution >= 4 is 82.2 Å². The van der Waals surface area contributed by atoms with Gasteiger partial charge in [-0.1, -0.05) is 27.7 Å². The number of aliphatic imine (C=N–C) groups is 1. The Labute approximate surface area is 461 Å². The SMILES string of the molecule is CCC(C)(CC)N=C(C)CCC(=O)OCCCOC(=O)CCC(C)=NNC(=O)CC(O)(CC(=O)NN=C(C)CCC(=O)OCCCOC(=O)CCC(C)=NNC(=O)CC(O)(CC(=O)NNC(C)(CC)CC)C(=O)NN)C(=O)NN. The smallest absolute Gasteiger partial charge is 0.306 e. The molecule has 0 fully saturated rings. The summed E-state index contributed by atoms with van der Waals surface area (Å²) < 4.78 is 20.6. The molecule has 2 atom stereocenters. The van der Waals surface area contributed by atoms with Crippen LogP contribution in [0.4, 0.5) is 0 Å². The third kappa shape index (κ3) is 32.0. The van der Waals surface area contributed by atoms with Gasteiger partial charge in [0.15, 0.2) is 11.2 Å². The van der Waals surface area contributed by atoms with Crippen molar-refractivity contribution in [1.82, 2.24) is 38.0 Å². The van der Waals surface area contributed by atoms with Crippen molar-refractivity contribution in [1.29, 1.82) is 0 Å². The third-order valence-corrected chi connectivity index (χ3v) is 12.5. The monoisotopic (exact) mass is 1130 g/mol. The lowest BCUT2D eigenvalue weighted by Crippen LogP contribution is -2.57. The Morgan fingerprint density at radius 2 is 0.734 bits per heavy atom. The normalized spacial score (nSPS) is 13.8. The van der Waals surface area contributed by atoms with Gasteiger partial charge in [-0.15, -0.1) is 0 Å². The second kappa shape index (κ2) is 37.9. The number of hydrogen-bond acceptors (Lipinski definition) is 23. The zero-order valence-electron chi connectivity index (χ0n) is 47.6. The predicted octanol–water partition coefficient (Wildman–Crippen LogP) is 0.778. The first kappa shape index (κ1) is 72.2. The molecule has 0 aliphatic rings. The van der Waals surface area contributed by atoms with Gasteiger partial charge in [-0.05, 0) is 92.9 Å². The number of aliphatic hydroxyl groups is 2. The van der Waals surface area contributed by atoms with E-state index in [1.165, 1.54) is 20.8 Å². The molecule has 0 aliphatic carbocycles. The van der Waals surface area contributed by atoms with E-state index in [0.29, 0.717) is 37.1 Å². The van der Waals surface area contributed by atoms with Crippen LogP contribution in [0.25, 0.3) is 0 Å². The molecule has 0 aromatic heterocycles. The molecule has 0 saturated carbocycles. The summed E-state index contributed by atoms with van der Waals surface area (Å²) in [5, 5.41) is 33.4. The maximum Gasteiger partial charge on any atom is 0.306 e. The van der Waals surface area contributed by atoms with Gasteiger partial charge in [0.2, 0.25) is 23.6 Å². The van der Waals surface area contributed by atoms with E-state index in [-0.39, 0.29) is 95.0 Å². The number of carbonyl (C=O) groups excluding carboxylic acids is 10. The molecule has 0 aromatic carbocycles. The molecule has 29 nitrogen and oxygen atoms in total. The first-order chi connectivity index (χ1) is 37.1. The molecule has 0 spiro atoms. The minimum Gasteiger partial charge on any atom is -0.466 e. The number of hydrazone groups is 3. The molecular weight excluding hydrogens is 1040 g/mol. The Balaban J connectivity index is 4.68. The van der Waals surface area contributed by atoms with Crippen LogP contribution in [-0.2, 0) is 66.9 Å². The molecular formula is C50H87N13O16. The van der Waals surface area contributed by atoms with Crippen LogP contribution in [-0.4, -0.2) is 141 Å². The van der Waals surface area contributed by atoms with Crippen molar-refractivity contribution < 1.29 is 77.1 Å². The van der Waals surface area contributed by atoms with Gasteiger partial charge in [0.25, 0.3) is 11.8 Å². The molecule has 29 heteroatoms. The van der Waals surface area contributed by atoms with E-state index >= 15 is 0 Å². The van der Waals surface area contributed by atoms with Gasteiger partial charge < -0.3 is 29.2 Å². The average molecular weight is 1130 g/mol. The second-order valence-corrected chi connectivity index (χ2v) is 19.4. The van der Waals surface area contributed by atoms with Crippen LogP contribution < -0.4 is 49.7 Å². The summed E-state index contributed by atoms with van der Waals surface area (Å²) >= 11 is 0. The zero-order valence-corrected chi connectivity index (χ0v) is 47.6. The number of hydrazine groups is 3. The van der Waals surface area contributed by atoms with Gasteiger partial charge in [0.1, 0.15) is 0 Å². The molecule has 0 bridgehead atoms. The maximum absolute atomic E-state index is 12.7. The van der Waals surface area contributed by atoms with E-state index in [9.17, 15) is 58.2 Å². The number of nitrogens with one attached hydrogen (secondary N) is 7. The van der Waals surface area contributed by atoms with Gasteiger partial charge in [0, 0.05) is 41.2 Å². The van der Waals surface area contributed by atoms with Gasteiger partial charge in [-0.25, -0.2) is 33.4 Å². The second-order valence-electron chi connectivity index (χ2n) is 19.4. The largest absolute Gasteiger partial charge is 0.466 e. The molecule has 13 N–H and O–H groups in total. The molecule has 0 rings (SSSR count). The Morgan fingerprint density at radius 1 is 0.443 bits per heavy atom.